The Kier molecular flexibility index (Phi) is 3.82. The van der Waals surface area contributed by atoms with Gasteiger partial charge in [-0.05, 0) is 32.9 Å². The summed E-state index contributed by atoms with van der Waals surface area (Å²) in [6, 6.07) is 3.74. The highest BCUT2D eigenvalue weighted by Crippen LogP contribution is 2.41. The summed E-state index contributed by atoms with van der Waals surface area (Å²) >= 11 is 1.44. The zero-order valence-corrected chi connectivity index (χ0v) is 14.7. The Balaban J connectivity index is 1.81. The summed E-state index contributed by atoms with van der Waals surface area (Å²) in [5.74, 6) is 1.79. The van der Waals surface area contributed by atoms with Crippen LogP contribution in [-0.4, -0.2) is 49.9 Å². The zero-order chi connectivity index (χ0) is 16.8. The van der Waals surface area contributed by atoms with Gasteiger partial charge in [0.25, 0.3) is 0 Å². The fourth-order valence-corrected chi connectivity index (χ4v) is 4.45. The first-order valence-electron chi connectivity index (χ1n) is 8.00. The molecule has 1 aliphatic heterocycles. The lowest BCUT2D eigenvalue weighted by Gasteiger charge is -2.39. The normalized spacial score (nSPS) is 23.8. The quantitative estimate of drug-likeness (QED) is 0.784. The number of nitrogens with zero attached hydrogens (tertiary/aromatic N) is 4. The third-order valence-corrected chi connectivity index (χ3v) is 5.32. The Morgan fingerprint density at radius 3 is 2.67 bits per heavy atom. The molecule has 3 aromatic rings. The maximum atomic E-state index is 10.7. The van der Waals surface area contributed by atoms with Crippen molar-refractivity contribution < 1.29 is 14.3 Å². The molecule has 8 heteroatoms. The van der Waals surface area contributed by atoms with E-state index >= 15 is 0 Å². The Labute approximate surface area is 143 Å². The molecular weight excluding hydrogens is 328 g/mol. The van der Waals surface area contributed by atoms with Crippen LogP contribution >= 0.6 is 11.3 Å². The molecule has 1 saturated heterocycles. The van der Waals surface area contributed by atoms with Gasteiger partial charge < -0.3 is 14.3 Å². The van der Waals surface area contributed by atoms with Crippen LogP contribution in [0.3, 0.4) is 0 Å². The largest absolute Gasteiger partial charge is 0.492 e. The van der Waals surface area contributed by atoms with Gasteiger partial charge in [-0.2, -0.15) is 9.61 Å². The van der Waals surface area contributed by atoms with Gasteiger partial charge in [-0.25, -0.2) is 4.98 Å². The van der Waals surface area contributed by atoms with Crippen molar-refractivity contribution in [1.29, 1.82) is 0 Å². The number of ether oxygens (including phenoxy) is 1. The fraction of sp³-hybridized carbons (Fsp3) is 0.500. The molecule has 0 bridgehead atoms. The summed E-state index contributed by atoms with van der Waals surface area (Å²) in [4.78, 5) is 7.95. The minimum absolute atomic E-state index is 0.122. The highest BCUT2D eigenvalue weighted by atomic mass is 32.1. The molecule has 4 heterocycles. The molecule has 0 aliphatic carbocycles. The smallest absolute Gasteiger partial charge is 0.230 e. The van der Waals surface area contributed by atoms with Crippen molar-refractivity contribution in [2.75, 3.05) is 13.1 Å². The average molecular weight is 348 g/mol. The Bertz CT molecular complexity index is 845. The van der Waals surface area contributed by atoms with E-state index in [0.717, 1.165) is 29.5 Å². The van der Waals surface area contributed by atoms with Gasteiger partial charge in [0, 0.05) is 13.1 Å². The molecule has 3 aromatic heterocycles. The van der Waals surface area contributed by atoms with E-state index in [0.29, 0.717) is 4.96 Å². The van der Waals surface area contributed by atoms with E-state index in [-0.39, 0.29) is 24.1 Å². The van der Waals surface area contributed by atoms with E-state index in [9.17, 15) is 5.11 Å². The predicted octanol–water partition coefficient (Wildman–Crippen LogP) is 2.60. The monoisotopic (exact) mass is 348 g/mol. The first kappa shape index (κ1) is 15.6. The van der Waals surface area contributed by atoms with Crippen LogP contribution in [0.25, 0.3) is 4.96 Å². The van der Waals surface area contributed by atoms with Crippen molar-refractivity contribution in [3.8, 4) is 5.88 Å². The van der Waals surface area contributed by atoms with Crippen molar-refractivity contribution in [2.45, 2.75) is 39.0 Å². The lowest BCUT2D eigenvalue weighted by atomic mass is 10.1. The SMILES string of the molecule is Cc1ccc(C(c2sc3ncnn3c2O)N2CC(C)OC(C)C2)o1. The van der Waals surface area contributed by atoms with Crippen LogP contribution in [0.4, 0.5) is 0 Å². The van der Waals surface area contributed by atoms with Gasteiger partial charge in [0.05, 0.1) is 17.1 Å². The topological polar surface area (TPSA) is 76.0 Å². The number of rotatable bonds is 3. The minimum Gasteiger partial charge on any atom is -0.492 e. The molecule has 3 atom stereocenters. The molecule has 0 aromatic carbocycles. The first-order chi connectivity index (χ1) is 11.5. The van der Waals surface area contributed by atoms with Gasteiger partial charge in [0.15, 0.2) is 0 Å². The van der Waals surface area contributed by atoms with Gasteiger partial charge in [-0.15, -0.1) is 0 Å². The van der Waals surface area contributed by atoms with Crippen LogP contribution in [-0.2, 0) is 4.74 Å². The van der Waals surface area contributed by atoms with Crippen LogP contribution < -0.4 is 0 Å². The lowest BCUT2D eigenvalue weighted by molar-refractivity contribution is -0.0782. The van der Waals surface area contributed by atoms with Gasteiger partial charge in [-0.3, -0.25) is 4.90 Å². The minimum atomic E-state index is -0.180. The van der Waals surface area contributed by atoms with Crippen LogP contribution in [0.2, 0.25) is 0 Å². The van der Waals surface area contributed by atoms with Gasteiger partial charge in [-0.1, -0.05) is 11.3 Å². The van der Waals surface area contributed by atoms with Crippen molar-refractivity contribution in [3.63, 3.8) is 0 Å². The molecule has 0 spiro atoms. The number of aryl methyl sites for hydroxylation is 1. The first-order valence-corrected chi connectivity index (χ1v) is 8.82. The van der Waals surface area contributed by atoms with Crippen LogP contribution in [0.15, 0.2) is 22.9 Å². The summed E-state index contributed by atoms with van der Waals surface area (Å²) < 4.78 is 13.2. The van der Waals surface area contributed by atoms with Crippen molar-refractivity contribution in [2.24, 2.45) is 0 Å². The number of furan rings is 1. The molecule has 3 unspecified atom stereocenters. The summed E-state index contributed by atoms with van der Waals surface area (Å²) in [7, 11) is 0. The van der Waals surface area contributed by atoms with E-state index < -0.39 is 0 Å². The predicted molar refractivity (Wildman–Crippen MR) is 89.4 cm³/mol. The molecule has 1 N–H and O–H groups in total. The Morgan fingerprint density at radius 1 is 1.29 bits per heavy atom. The van der Waals surface area contributed by atoms with Crippen LogP contribution in [0, 0.1) is 6.92 Å². The lowest BCUT2D eigenvalue weighted by Crippen LogP contribution is -2.47. The fourth-order valence-electron chi connectivity index (χ4n) is 3.38. The van der Waals surface area contributed by atoms with Crippen molar-refractivity contribution in [3.05, 3.63) is 34.9 Å². The number of hydrogen-bond donors (Lipinski definition) is 1. The van der Waals surface area contributed by atoms with Crippen LogP contribution in [0.5, 0.6) is 5.88 Å². The number of thiazole rings is 1. The second-order valence-electron chi connectivity index (χ2n) is 6.31. The van der Waals surface area contributed by atoms with Crippen molar-refractivity contribution in [1.82, 2.24) is 19.5 Å². The number of hydrogen-bond acceptors (Lipinski definition) is 7. The molecular formula is C16H20N4O3S. The molecule has 7 nitrogen and oxygen atoms in total. The number of morpholine rings is 1. The summed E-state index contributed by atoms with van der Waals surface area (Å²) in [5.41, 5.74) is 0. The average Bonchev–Trinajstić information content (AvgIpc) is 3.19. The molecule has 1 fully saturated rings. The van der Waals surface area contributed by atoms with Crippen LogP contribution in [0.1, 0.15) is 36.3 Å². The zero-order valence-electron chi connectivity index (χ0n) is 13.8. The third kappa shape index (κ3) is 2.60. The molecule has 1 aliphatic rings. The molecule has 24 heavy (non-hydrogen) atoms. The van der Waals surface area contributed by atoms with Gasteiger partial charge >= 0.3 is 0 Å². The van der Waals surface area contributed by atoms with Gasteiger partial charge in [0.1, 0.15) is 23.9 Å². The molecule has 128 valence electrons. The van der Waals surface area contributed by atoms with E-state index in [2.05, 4.69) is 28.8 Å². The highest BCUT2D eigenvalue weighted by Gasteiger charge is 2.35. The summed E-state index contributed by atoms with van der Waals surface area (Å²) in [6.45, 7) is 7.59. The number of aromatic nitrogens is 3. The third-order valence-electron chi connectivity index (χ3n) is 4.23. The van der Waals surface area contributed by atoms with E-state index in [4.69, 9.17) is 9.15 Å². The molecule has 4 rings (SSSR count). The maximum absolute atomic E-state index is 10.7. The van der Waals surface area contributed by atoms with Crippen molar-refractivity contribution >= 4 is 16.3 Å². The molecule has 0 radical (unpaired) electrons. The Morgan fingerprint density at radius 2 is 2.04 bits per heavy atom. The number of aromatic hydroxyl groups is 1. The van der Waals surface area contributed by atoms with E-state index in [1.54, 1.807) is 0 Å². The Hall–Kier alpha value is -1.90. The second kappa shape index (κ2) is 5.87. The van der Waals surface area contributed by atoms with Gasteiger partial charge in [0.2, 0.25) is 10.8 Å². The molecule has 0 saturated carbocycles. The molecule has 0 amide bonds. The van der Waals surface area contributed by atoms with E-state index in [1.165, 1.54) is 22.2 Å². The second-order valence-corrected chi connectivity index (χ2v) is 7.32. The summed E-state index contributed by atoms with van der Waals surface area (Å²) in [5, 5.41) is 14.7. The van der Waals surface area contributed by atoms with E-state index in [1.807, 2.05) is 19.1 Å². The highest BCUT2D eigenvalue weighted by molar-refractivity contribution is 7.17. The standard InChI is InChI=1S/C16H20N4O3S/c1-9-4-5-12(23-9)13(19-6-10(2)22-11(3)7-19)14-15(21)20-16(24-14)17-8-18-20/h4-5,8,10-11,13,21H,6-7H2,1-3H3. The summed E-state index contributed by atoms with van der Waals surface area (Å²) in [6.07, 6.45) is 1.69. The number of fused-ring (bicyclic) bond motifs is 1. The maximum Gasteiger partial charge on any atom is 0.230 e.